The van der Waals surface area contributed by atoms with Crippen LogP contribution in [0.1, 0.15) is 20.9 Å². The summed E-state index contributed by atoms with van der Waals surface area (Å²) in [6.45, 7) is 0.644. The van der Waals surface area contributed by atoms with Gasteiger partial charge in [-0.1, -0.05) is 24.3 Å². The Kier molecular flexibility index (Phi) is 5.55. The Labute approximate surface area is 166 Å². The predicted octanol–water partition coefficient (Wildman–Crippen LogP) is 4.66. The molecule has 136 valence electrons. The van der Waals surface area contributed by atoms with Crippen LogP contribution in [-0.4, -0.2) is 21.8 Å². The van der Waals surface area contributed by atoms with Crippen molar-refractivity contribution in [3.63, 3.8) is 0 Å². The summed E-state index contributed by atoms with van der Waals surface area (Å²) in [6, 6.07) is 17.8. The number of benzene rings is 1. The molecular formula is C21H19N3OS2. The van der Waals surface area contributed by atoms with Crippen molar-refractivity contribution < 1.29 is 4.79 Å². The second-order valence-electron chi connectivity index (χ2n) is 6.07. The number of hydrogen-bond acceptors (Lipinski definition) is 4. The monoisotopic (exact) mass is 393 g/mol. The van der Waals surface area contributed by atoms with Crippen LogP contribution in [-0.2, 0) is 12.2 Å². The van der Waals surface area contributed by atoms with Gasteiger partial charge < -0.3 is 9.72 Å². The highest BCUT2D eigenvalue weighted by molar-refractivity contribution is 7.98. The molecule has 1 amide bonds. The zero-order chi connectivity index (χ0) is 18.5. The van der Waals surface area contributed by atoms with Crippen molar-refractivity contribution in [2.75, 3.05) is 6.54 Å². The molecule has 0 saturated carbocycles. The van der Waals surface area contributed by atoms with Crippen molar-refractivity contribution in [3.8, 4) is 0 Å². The molecule has 4 aromatic rings. The topological polar surface area (TPSA) is 46.4 Å². The summed E-state index contributed by atoms with van der Waals surface area (Å²) in [7, 11) is 0. The lowest BCUT2D eigenvalue weighted by molar-refractivity contribution is 0.0951. The first kappa shape index (κ1) is 17.8. The molecule has 6 heteroatoms. The standard InChI is InChI=1S/C21H19N3OS2/c25-21(22-11-10-17-6-5-13-26-17)18-7-1-2-8-19(18)27-15-16-14-24-12-4-3-9-20(24)23-16/h1-9,12-14H,10-11,15H2,(H,22,25). The van der Waals surface area contributed by atoms with Crippen molar-refractivity contribution in [2.45, 2.75) is 17.1 Å². The van der Waals surface area contributed by atoms with Gasteiger partial charge in [0.15, 0.2) is 0 Å². The predicted molar refractivity (Wildman–Crippen MR) is 112 cm³/mol. The maximum absolute atomic E-state index is 12.6. The summed E-state index contributed by atoms with van der Waals surface area (Å²) in [4.78, 5) is 19.5. The van der Waals surface area contributed by atoms with Gasteiger partial charge in [0, 0.05) is 34.5 Å². The number of thioether (sulfide) groups is 1. The van der Waals surface area contributed by atoms with Crippen molar-refractivity contribution in [1.82, 2.24) is 14.7 Å². The Hall–Kier alpha value is -2.57. The first-order valence-electron chi connectivity index (χ1n) is 8.74. The van der Waals surface area contributed by atoms with Crippen LogP contribution < -0.4 is 5.32 Å². The number of fused-ring (bicyclic) bond motifs is 1. The van der Waals surface area contributed by atoms with E-state index < -0.39 is 0 Å². The first-order valence-corrected chi connectivity index (χ1v) is 10.6. The van der Waals surface area contributed by atoms with Gasteiger partial charge in [-0.25, -0.2) is 4.98 Å². The van der Waals surface area contributed by atoms with Gasteiger partial charge in [-0.3, -0.25) is 4.79 Å². The van der Waals surface area contributed by atoms with Crippen LogP contribution in [0.4, 0.5) is 0 Å². The molecule has 27 heavy (non-hydrogen) atoms. The fourth-order valence-corrected chi connectivity index (χ4v) is 4.48. The minimum absolute atomic E-state index is 0.0235. The third-order valence-electron chi connectivity index (χ3n) is 4.16. The molecule has 0 saturated heterocycles. The summed E-state index contributed by atoms with van der Waals surface area (Å²) in [6.07, 6.45) is 4.89. The molecule has 3 aromatic heterocycles. The first-order chi connectivity index (χ1) is 13.3. The number of amides is 1. The van der Waals surface area contributed by atoms with Crippen LogP contribution in [0.15, 0.2) is 77.3 Å². The summed E-state index contributed by atoms with van der Waals surface area (Å²) in [5.41, 5.74) is 2.66. The van der Waals surface area contributed by atoms with Gasteiger partial charge >= 0.3 is 0 Å². The van der Waals surface area contributed by atoms with E-state index in [-0.39, 0.29) is 5.91 Å². The zero-order valence-corrected chi connectivity index (χ0v) is 16.3. The van der Waals surface area contributed by atoms with Crippen LogP contribution >= 0.6 is 23.1 Å². The van der Waals surface area contributed by atoms with E-state index in [1.165, 1.54) is 4.88 Å². The Morgan fingerprint density at radius 2 is 2.00 bits per heavy atom. The van der Waals surface area contributed by atoms with Crippen molar-refractivity contribution in [1.29, 1.82) is 0 Å². The van der Waals surface area contributed by atoms with Crippen molar-refractivity contribution in [2.24, 2.45) is 0 Å². The quantitative estimate of drug-likeness (QED) is 0.465. The molecule has 0 fully saturated rings. The number of rotatable bonds is 7. The average Bonchev–Trinajstić information content (AvgIpc) is 3.35. The molecule has 3 heterocycles. The molecule has 0 aliphatic carbocycles. The fourth-order valence-electron chi connectivity index (χ4n) is 2.84. The maximum atomic E-state index is 12.6. The SMILES string of the molecule is O=C(NCCc1cccs1)c1ccccc1SCc1cn2ccccc2n1. The Bertz CT molecular complexity index is 1010. The molecule has 0 bridgehead atoms. The lowest BCUT2D eigenvalue weighted by Crippen LogP contribution is -2.26. The summed E-state index contributed by atoms with van der Waals surface area (Å²) >= 11 is 3.36. The van der Waals surface area contributed by atoms with E-state index in [0.717, 1.165) is 34.0 Å². The molecule has 4 rings (SSSR count). The van der Waals surface area contributed by atoms with Gasteiger partial charge in [0.25, 0.3) is 5.91 Å². The Balaban J connectivity index is 1.40. The summed E-state index contributed by atoms with van der Waals surface area (Å²) in [5, 5.41) is 5.09. The summed E-state index contributed by atoms with van der Waals surface area (Å²) < 4.78 is 2.01. The highest BCUT2D eigenvalue weighted by Gasteiger charge is 2.12. The van der Waals surface area contributed by atoms with Gasteiger partial charge in [0.2, 0.25) is 0 Å². The molecular weight excluding hydrogens is 374 g/mol. The third kappa shape index (κ3) is 4.40. The lowest BCUT2D eigenvalue weighted by Gasteiger charge is -2.09. The second-order valence-corrected chi connectivity index (χ2v) is 8.12. The highest BCUT2D eigenvalue weighted by atomic mass is 32.2. The third-order valence-corrected chi connectivity index (χ3v) is 6.20. The van der Waals surface area contributed by atoms with Gasteiger partial charge in [-0.05, 0) is 42.1 Å². The lowest BCUT2D eigenvalue weighted by atomic mass is 10.2. The number of carbonyl (C=O) groups is 1. The number of aromatic nitrogens is 2. The number of pyridine rings is 1. The smallest absolute Gasteiger partial charge is 0.252 e. The van der Waals surface area contributed by atoms with Gasteiger partial charge in [-0.2, -0.15) is 0 Å². The van der Waals surface area contributed by atoms with E-state index in [1.54, 1.807) is 23.1 Å². The normalized spacial score (nSPS) is 11.0. The van der Waals surface area contributed by atoms with Crippen LogP contribution in [0, 0.1) is 0 Å². The minimum Gasteiger partial charge on any atom is -0.352 e. The van der Waals surface area contributed by atoms with E-state index in [4.69, 9.17) is 0 Å². The van der Waals surface area contributed by atoms with Crippen LogP contribution in [0.5, 0.6) is 0 Å². The zero-order valence-electron chi connectivity index (χ0n) is 14.7. The molecule has 0 aliphatic rings. The minimum atomic E-state index is -0.0235. The molecule has 1 N–H and O–H groups in total. The summed E-state index contributed by atoms with van der Waals surface area (Å²) in [5.74, 6) is 0.700. The Morgan fingerprint density at radius 1 is 1.11 bits per heavy atom. The number of carbonyl (C=O) groups excluding carboxylic acids is 1. The van der Waals surface area contributed by atoms with E-state index in [9.17, 15) is 4.79 Å². The molecule has 0 atom stereocenters. The van der Waals surface area contributed by atoms with Crippen LogP contribution in [0.3, 0.4) is 0 Å². The van der Waals surface area contributed by atoms with Crippen molar-refractivity contribution >= 4 is 34.7 Å². The van der Waals surface area contributed by atoms with Crippen LogP contribution in [0.25, 0.3) is 5.65 Å². The van der Waals surface area contributed by atoms with Crippen LogP contribution in [0.2, 0.25) is 0 Å². The van der Waals surface area contributed by atoms with E-state index in [0.29, 0.717) is 6.54 Å². The highest BCUT2D eigenvalue weighted by Crippen LogP contribution is 2.26. The van der Waals surface area contributed by atoms with Gasteiger partial charge in [-0.15, -0.1) is 23.1 Å². The molecule has 0 radical (unpaired) electrons. The molecule has 1 aromatic carbocycles. The maximum Gasteiger partial charge on any atom is 0.252 e. The number of nitrogens with zero attached hydrogens (tertiary/aromatic N) is 2. The van der Waals surface area contributed by atoms with Gasteiger partial charge in [0.1, 0.15) is 5.65 Å². The number of imidazole rings is 1. The number of nitrogens with one attached hydrogen (secondary N) is 1. The number of hydrogen-bond donors (Lipinski definition) is 1. The number of thiophene rings is 1. The van der Waals surface area contributed by atoms with E-state index >= 15 is 0 Å². The average molecular weight is 394 g/mol. The fraction of sp³-hybridized carbons (Fsp3) is 0.143. The molecule has 0 aliphatic heterocycles. The van der Waals surface area contributed by atoms with Crippen molar-refractivity contribution in [3.05, 3.63) is 88.5 Å². The molecule has 0 spiro atoms. The van der Waals surface area contributed by atoms with Gasteiger partial charge in [0.05, 0.1) is 11.3 Å². The Morgan fingerprint density at radius 3 is 2.85 bits per heavy atom. The van der Waals surface area contributed by atoms with E-state index in [1.807, 2.05) is 65.3 Å². The molecule has 4 nitrogen and oxygen atoms in total. The largest absolute Gasteiger partial charge is 0.352 e. The second kappa shape index (κ2) is 8.41. The molecule has 0 unspecified atom stereocenters. The van der Waals surface area contributed by atoms with E-state index in [2.05, 4.69) is 21.7 Å².